The van der Waals surface area contributed by atoms with Gasteiger partial charge in [-0.25, -0.2) is 4.79 Å². The molecule has 5 N–H and O–H groups in total. The van der Waals surface area contributed by atoms with Crippen molar-refractivity contribution in [2.45, 2.75) is 38.3 Å². The van der Waals surface area contributed by atoms with Crippen LogP contribution in [0.15, 0.2) is 0 Å². The zero-order valence-corrected chi connectivity index (χ0v) is 15.9. The Balaban J connectivity index is 0.000000286. The van der Waals surface area contributed by atoms with Crippen LogP contribution in [0.1, 0.15) is 26.2 Å². The van der Waals surface area contributed by atoms with Gasteiger partial charge in [0.05, 0.1) is 38.5 Å². The third kappa shape index (κ3) is 10.5. The molecule has 2 fully saturated rings. The summed E-state index contributed by atoms with van der Waals surface area (Å²) in [6.45, 7) is 5.37. The van der Waals surface area contributed by atoms with Crippen LogP contribution < -0.4 is 21.7 Å². The van der Waals surface area contributed by atoms with E-state index in [2.05, 4.69) is 22.9 Å². The first-order valence-electron chi connectivity index (χ1n) is 8.94. The molecule has 146 valence electrons. The Kier molecular flexibility index (Phi) is 12.5. The van der Waals surface area contributed by atoms with Gasteiger partial charge in [-0.3, -0.25) is 4.79 Å². The lowest BCUT2D eigenvalue weighted by Gasteiger charge is -2.06. The van der Waals surface area contributed by atoms with E-state index in [4.69, 9.17) is 15.2 Å². The van der Waals surface area contributed by atoms with Crippen LogP contribution in [0.4, 0.5) is 4.79 Å². The summed E-state index contributed by atoms with van der Waals surface area (Å²) in [6.07, 6.45) is 2.60. The zero-order valence-electron chi connectivity index (χ0n) is 15.1. The summed E-state index contributed by atoms with van der Waals surface area (Å²) in [5, 5.41) is 8.48. The zero-order chi connectivity index (χ0) is 18.3. The number of carbonyl (C=O) groups excluding carboxylic acids is 2. The highest BCUT2D eigenvalue weighted by atomic mass is 32.2. The fourth-order valence-electron chi connectivity index (χ4n) is 2.31. The van der Waals surface area contributed by atoms with Crippen molar-refractivity contribution < 1.29 is 19.1 Å². The summed E-state index contributed by atoms with van der Waals surface area (Å²) in [5.74, 6) is 2.25. The van der Waals surface area contributed by atoms with Gasteiger partial charge in [0.1, 0.15) is 0 Å². The summed E-state index contributed by atoms with van der Waals surface area (Å²) in [4.78, 5) is 21.8. The Morgan fingerprint density at radius 3 is 2.44 bits per heavy atom. The van der Waals surface area contributed by atoms with E-state index in [1.54, 1.807) is 0 Å². The van der Waals surface area contributed by atoms with Crippen LogP contribution >= 0.6 is 11.8 Å². The summed E-state index contributed by atoms with van der Waals surface area (Å²) >= 11 is 1.89. The molecule has 0 bridgehead atoms. The molecule has 2 atom stereocenters. The number of thioether (sulfide) groups is 1. The lowest BCUT2D eigenvalue weighted by atomic mass is 10.2. The first kappa shape index (κ1) is 22.0. The Hall–Kier alpha value is -1.03. The van der Waals surface area contributed by atoms with Crippen molar-refractivity contribution in [3.8, 4) is 0 Å². The summed E-state index contributed by atoms with van der Waals surface area (Å²) in [7, 11) is 0. The molecule has 2 heterocycles. The number of nitrogens with one attached hydrogen (secondary N) is 3. The van der Waals surface area contributed by atoms with Crippen LogP contribution in [0.25, 0.3) is 0 Å². The molecule has 2 rings (SSSR count). The molecular weight excluding hydrogens is 344 g/mol. The van der Waals surface area contributed by atoms with E-state index < -0.39 is 0 Å². The minimum absolute atomic E-state index is 0.00491. The van der Waals surface area contributed by atoms with Crippen LogP contribution in [-0.4, -0.2) is 75.0 Å². The van der Waals surface area contributed by atoms with Gasteiger partial charge in [-0.2, -0.15) is 11.8 Å². The van der Waals surface area contributed by atoms with Crippen molar-refractivity contribution in [1.82, 2.24) is 16.0 Å². The number of ether oxygens (including phenoxy) is 2. The standard InChI is InChI=1S/C11H24N2O3.C5H8N2OS/c1-2-3-4-11(14)13-6-8-16-10-9-15-7-5-12;8-5-6-3-1-9-2-4(3)7-5/h2-10,12H2,1H3,(H,13,14);3-4H,1-2H2,(H2,6,7,8). The first-order valence-corrected chi connectivity index (χ1v) is 10.1. The van der Waals surface area contributed by atoms with Gasteiger partial charge in [-0.15, -0.1) is 0 Å². The summed E-state index contributed by atoms with van der Waals surface area (Å²) < 4.78 is 10.4. The second kappa shape index (κ2) is 14.2. The van der Waals surface area contributed by atoms with Crippen molar-refractivity contribution >= 4 is 23.7 Å². The number of carbonyl (C=O) groups is 2. The van der Waals surface area contributed by atoms with Gasteiger partial charge < -0.3 is 31.2 Å². The molecule has 0 aromatic heterocycles. The number of fused-ring (bicyclic) bond motifs is 1. The SMILES string of the molecule is CCCCC(=O)NCCOCCOCCN.O=C1NC2CSCC2N1. The quantitative estimate of drug-likeness (QED) is 0.300. The van der Waals surface area contributed by atoms with Gasteiger partial charge in [0.2, 0.25) is 5.91 Å². The average molecular weight is 377 g/mol. The fourth-order valence-corrected chi connectivity index (χ4v) is 3.59. The van der Waals surface area contributed by atoms with E-state index in [-0.39, 0.29) is 11.9 Å². The Labute approximate surface area is 154 Å². The Morgan fingerprint density at radius 1 is 1.20 bits per heavy atom. The molecule has 2 saturated heterocycles. The van der Waals surface area contributed by atoms with Gasteiger partial charge in [-0.1, -0.05) is 13.3 Å². The molecule has 2 aliphatic heterocycles. The minimum Gasteiger partial charge on any atom is -0.378 e. The largest absolute Gasteiger partial charge is 0.378 e. The molecular formula is C16H32N4O4S. The maximum absolute atomic E-state index is 11.2. The number of amides is 3. The predicted molar refractivity (Wildman–Crippen MR) is 99.8 cm³/mol. The van der Waals surface area contributed by atoms with E-state index in [0.29, 0.717) is 58.0 Å². The van der Waals surface area contributed by atoms with Crippen LogP contribution in [0, 0.1) is 0 Å². The van der Waals surface area contributed by atoms with E-state index in [1.165, 1.54) is 0 Å². The van der Waals surface area contributed by atoms with E-state index in [0.717, 1.165) is 24.3 Å². The summed E-state index contributed by atoms with van der Waals surface area (Å²) in [6, 6.07) is 0.815. The third-order valence-corrected chi connectivity index (χ3v) is 4.86. The molecule has 0 spiro atoms. The van der Waals surface area contributed by atoms with Crippen molar-refractivity contribution in [2.24, 2.45) is 5.73 Å². The van der Waals surface area contributed by atoms with Gasteiger partial charge in [0.15, 0.2) is 0 Å². The second-order valence-electron chi connectivity index (χ2n) is 5.84. The minimum atomic E-state index is 0.00491. The smallest absolute Gasteiger partial charge is 0.315 e. The van der Waals surface area contributed by atoms with E-state index in [9.17, 15) is 9.59 Å². The number of urea groups is 1. The molecule has 25 heavy (non-hydrogen) atoms. The third-order valence-electron chi connectivity index (χ3n) is 3.67. The summed E-state index contributed by atoms with van der Waals surface area (Å²) in [5.41, 5.74) is 5.25. The highest BCUT2D eigenvalue weighted by molar-refractivity contribution is 7.99. The van der Waals surface area contributed by atoms with E-state index >= 15 is 0 Å². The number of unbranched alkanes of at least 4 members (excludes halogenated alkanes) is 1. The maximum atomic E-state index is 11.2. The van der Waals surface area contributed by atoms with E-state index in [1.807, 2.05) is 11.8 Å². The van der Waals surface area contributed by atoms with Crippen LogP contribution in [0.2, 0.25) is 0 Å². The highest BCUT2D eigenvalue weighted by Gasteiger charge is 2.35. The van der Waals surface area contributed by atoms with Gasteiger partial charge in [0.25, 0.3) is 0 Å². The molecule has 0 aliphatic carbocycles. The van der Waals surface area contributed by atoms with Crippen molar-refractivity contribution in [2.75, 3.05) is 51.0 Å². The topological polar surface area (TPSA) is 115 Å². The Bertz CT molecular complexity index is 373. The average Bonchev–Trinajstić information content (AvgIpc) is 3.16. The fraction of sp³-hybridized carbons (Fsp3) is 0.875. The molecule has 0 aromatic rings. The van der Waals surface area contributed by atoms with Crippen LogP contribution in [0.5, 0.6) is 0 Å². The first-order chi connectivity index (χ1) is 12.2. The van der Waals surface area contributed by atoms with Crippen molar-refractivity contribution in [3.63, 3.8) is 0 Å². The molecule has 3 amide bonds. The molecule has 0 aromatic carbocycles. The molecule has 2 aliphatic rings. The Morgan fingerprint density at radius 2 is 1.84 bits per heavy atom. The van der Waals surface area contributed by atoms with Gasteiger partial charge >= 0.3 is 6.03 Å². The second-order valence-corrected chi connectivity index (χ2v) is 6.91. The van der Waals surface area contributed by atoms with Gasteiger partial charge in [0, 0.05) is 31.0 Å². The number of rotatable bonds is 11. The number of hydrogen-bond acceptors (Lipinski definition) is 6. The highest BCUT2D eigenvalue weighted by Crippen LogP contribution is 2.20. The van der Waals surface area contributed by atoms with Crippen molar-refractivity contribution in [3.05, 3.63) is 0 Å². The van der Waals surface area contributed by atoms with Crippen molar-refractivity contribution in [1.29, 1.82) is 0 Å². The lowest BCUT2D eigenvalue weighted by Crippen LogP contribution is -2.31. The molecule has 2 unspecified atom stereocenters. The van der Waals surface area contributed by atoms with Crippen LogP contribution in [0.3, 0.4) is 0 Å². The number of hydrogen-bond donors (Lipinski definition) is 4. The van der Waals surface area contributed by atoms with Gasteiger partial charge in [-0.05, 0) is 6.42 Å². The molecule has 0 saturated carbocycles. The maximum Gasteiger partial charge on any atom is 0.315 e. The lowest BCUT2D eigenvalue weighted by molar-refractivity contribution is -0.121. The monoisotopic (exact) mass is 376 g/mol. The molecule has 8 nitrogen and oxygen atoms in total. The molecule has 0 radical (unpaired) electrons. The predicted octanol–water partition coefficient (Wildman–Crippen LogP) is 0.0679. The van der Waals surface area contributed by atoms with Crippen LogP contribution in [-0.2, 0) is 14.3 Å². The number of nitrogens with two attached hydrogens (primary N) is 1. The normalized spacial score (nSPS) is 21.0. The molecule has 9 heteroatoms.